The van der Waals surface area contributed by atoms with Gasteiger partial charge in [0.15, 0.2) is 0 Å². The Labute approximate surface area is 87.7 Å². The molecule has 0 bridgehead atoms. The number of nitrogens with zero attached hydrogens (tertiary/aromatic N) is 1. The molecule has 0 aromatic carbocycles. The van der Waals surface area contributed by atoms with Gasteiger partial charge < -0.3 is 14.9 Å². The third kappa shape index (κ3) is 1.85. The predicted octanol–water partition coefficient (Wildman–Crippen LogP) is 1.73. The molecule has 15 heavy (non-hydrogen) atoms. The van der Waals surface area contributed by atoms with E-state index in [1.807, 2.05) is 18.2 Å². The number of aromatic nitrogens is 1. The predicted molar refractivity (Wildman–Crippen MR) is 55.5 cm³/mol. The monoisotopic (exact) mass is 204 g/mol. The van der Waals surface area contributed by atoms with Gasteiger partial charge in [0.05, 0.1) is 19.4 Å². The minimum atomic E-state index is -0.344. The van der Waals surface area contributed by atoms with Crippen LogP contribution >= 0.6 is 0 Å². The zero-order chi connectivity index (χ0) is 10.7. The Morgan fingerprint density at radius 2 is 2.27 bits per heavy atom. The molecule has 0 amide bonds. The molecule has 4 heteroatoms. The molecule has 0 aliphatic rings. The fourth-order valence-electron chi connectivity index (χ4n) is 1.43. The van der Waals surface area contributed by atoms with E-state index in [1.54, 1.807) is 25.6 Å². The number of hydrogen-bond donors (Lipinski definition) is 1. The van der Waals surface area contributed by atoms with Crippen LogP contribution in [0.4, 0.5) is 0 Å². The Bertz CT molecular complexity index is 426. The van der Waals surface area contributed by atoms with Gasteiger partial charge in [0.25, 0.3) is 0 Å². The highest BCUT2D eigenvalue weighted by Crippen LogP contribution is 2.25. The fraction of sp³-hybridized carbons (Fsp3) is 0.182. The van der Waals surface area contributed by atoms with Crippen molar-refractivity contribution in [1.29, 1.82) is 0 Å². The van der Waals surface area contributed by atoms with Gasteiger partial charge in [-0.2, -0.15) is 0 Å². The third-order valence-electron chi connectivity index (χ3n) is 2.18. The molecule has 0 saturated heterocycles. The molecule has 78 valence electrons. The van der Waals surface area contributed by atoms with Crippen molar-refractivity contribution in [2.24, 2.45) is 5.73 Å². The van der Waals surface area contributed by atoms with Crippen LogP contribution in [0.15, 0.2) is 41.1 Å². The van der Waals surface area contributed by atoms with E-state index in [2.05, 4.69) is 4.98 Å². The first kappa shape index (κ1) is 9.73. The largest absolute Gasteiger partial charge is 0.481 e. The average molecular weight is 204 g/mol. The van der Waals surface area contributed by atoms with E-state index in [0.717, 1.165) is 5.56 Å². The molecule has 2 aromatic heterocycles. The van der Waals surface area contributed by atoms with Gasteiger partial charge in [-0.3, -0.25) is 0 Å². The van der Waals surface area contributed by atoms with E-state index in [-0.39, 0.29) is 6.04 Å². The first-order valence-electron chi connectivity index (χ1n) is 4.61. The van der Waals surface area contributed by atoms with Crippen LogP contribution in [0.5, 0.6) is 5.88 Å². The summed E-state index contributed by atoms with van der Waals surface area (Å²) < 4.78 is 10.4. The van der Waals surface area contributed by atoms with Crippen molar-refractivity contribution in [3.8, 4) is 5.88 Å². The molecule has 0 spiro atoms. The summed E-state index contributed by atoms with van der Waals surface area (Å²) >= 11 is 0. The molecular weight excluding hydrogens is 192 g/mol. The van der Waals surface area contributed by atoms with E-state index < -0.39 is 0 Å². The molecule has 0 saturated carbocycles. The minimum absolute atomic E-state index is 0.344. The average Bonchev–Trinajstić information content (AvgIpc) is 2.81. The zero-order valence-electron chi connectivity index (χ0n) is 8.38. The van der Waals surface area contributed by atoms with Crippen LogP contribution in [-0.4, -0.2) is 12.1 Å². The van der Waals surface area contributed by atoms with E-state index >= 15 is 0 Å². The van der Waals surface area contributed by atoms with Crippen LogP contribution in [0.2, 0.25) is 0 Å². The number of furan rings is 1. The SMILES string of the molecule is COc1ncccc1C(N)c1ccco1. The second kappa shape index (κ2) is 4.14. The van der Waals surface area contributed by atoms with Gasteiger partial charge in [0, 0.05) is 11.8 Å². The van der Waals surface area contributed by atoms with Crippen molar-refractivity contribution in [2.45, 2.75) is 6.04 Å². The molecule has 2 heterocycles. The summed E-state index contributed by atoms with van der Waals surface area (Å²) in [5.74, 6) is 1.22. The van der Waals surface area contributed by atoms with Crippen LogP contribution in [0.3, 0.4) is 0 Å². The van der Waals surface area contributed by atoms with Crippen molar-refractivity contribution in [3.05, 3.63) is 48.0 Å². The standard InChI is InChI=1S/C11H12N2O2/c1-14-11-8(4-2-6-13-11)10(12)9-5-3-7-15-9/h2-7,10H,12H2,1H3. The van der Waals surface area contributed by atoms with Crippen LogP contribution in [0, 0.1) is 0 Å². The lowest BCUT2D eigenvalue weighted by molar-refractivity contribution is 0.386. The number of ether oxygens (including phenoxy) is 1. The lowest BCUT2D eigenvalue weighted by Crippen LogP contribution is -2.12. The minimum Gasteiger partial charge on any atom is -0.481 e. The first-order valence-corrected chi connectivity index (χ1v) is 4.61. The van der Waals surface area contributed by atoms with Crippen molar-refractivity contribution in [2.75, 3.05) is 7.11 Å². The van der Waals surface area contributed by atoms with Crippen LogP contribution < -0.4 is 10.5 Å². The fourth-order valence-corrected chi connectivity index (χ4v) is 1.43. The van der Waals surface area contributed by atoms with Crippen molar-refractivity contribution >= 4 is 0 Å². The molecule has 2 aromatic rings. The van der Waals surface area contributed by atoms with Gasteiger partial charge in [-0.1, -0.05) is 6.07 Å². The van der Waals surface area contributed by atoms with Crippen molar-refractivity contribution in [1.82, 2.24) is 4.98 Å². The molecule has 2 N–H and O–H groups in total. The second-order valence-corrected chi connectivity index (χ2v) is 3.09. The maximum Gasteiger partial charge on any atom is 0.218 e. The molecular formula is C11H12N2O2. The van der Waals surface area contributed by atoms with E-state index in [9.17, 15) is 0 Å². The highest BCUT2D eigenvalue weighted by atomic mass is 16.5. The molecule has 2 rings (SSSR count). The van der Waals surface area contributed by atoms with E-state index in [4.69, 9.17) is 14.9 Å². The smallest absolute Gasteiger partial charge is 0.218 e. The number of rotatable bonds is 3. The maximum absolute atomic E-state index is 6.02. The Morgan fingerprint density at radius 3 is 2.93 bits per heavy atom. The van der Waals surface area contributed by atoms with Crippen LogP contribution in [0.1, 0.15) is 17.4 Å². The number of pyridine rings is 1. The summed E-state index contributed by atoms with van der Waals surface area (Å²) in [6.45, 7) is 0. The molecule has 1 atom stereocenters. The van der Waals surface area contributed by atoms with Crippen LogP contribution in [-0.2, 0) is 0 Å². The summed E-state index contributed by atoms with van der Waals surface area (Å²) in [7, 11) is 1.57. The number of hydrogen-bond acceptors (Lipinski definition) is 4. The first-order chi connectivity index (χ1) is 7.33. The summed E-state index contributed by atoms with van der Waals surface area (Å²) in [4.78, 5) is 4.08. The lowest BCUT2D eigenvalue weighted by atomic mass is 10.1. The molecule has 0 radical (unpaired) electrons. The quantitative estimate of drug-likeness (QED) is 0.827. The lowest BCUT2D eigenvalue weighted by Gasteiger charge is -2.11. The van der Waals surface area contributed by atoms with Gasteiger partial charge in [0.2, 0.25) is 5.88 Å². The van der Waals surface area contributed by atoms with Gasteiger partial charge in [-0.15, -0.1) is 0 Å². The molecule has 0 fully saturated rings. The van der Waals surface area contributed by atoms with Crippen LogP contribution in [0.25, 0.3) is 0 Å². The summed E-state index contributed by atoms with van der Waals surface area (Å²) in [5.41, 5.74) is 6.84. The molecule has 4 nitrogen and oxygen atoms in total. The zero-order valence-corrected chi connectivity index (χ0v) is 8.38. The Hall–Kier alpha value is -1.81. The maximum atomic E-state index is 6.02. The van der Waals surface area contributed by atoms with Gasteiger partial charge in [0.1, 0.15) is 5.76 Å². The third-order valence-corrected chi connectivity index (χ3v) is 2.18. The molecule has 1 unspecified atom stereocenters. The van der Waals surface area contributed by atoms with E-state index in [1.165, 1.54) is 0 Å². The topological polar surface area (TPSA) is 61.3 Å². The van der Waals surface area contributed by atoms with Gasteiger partial charge in [-0.25, -0.2) is 4.98 Å². The summed E-state index contributed by atoms with van der Waals surface area (Å²) in [6.07, 6.45) is 3.26. The normalized spacial score (nSPS) is 12.4. The highest BCUT2D eigenvalue weighted by molar-refractivity contribution is 5.33. The Morgan fingerprint density at radius 1 is 1.40 bits per heavy atom. The number of methoxy groups -OCH3 is 1. The molecule has 0 aliphatic carbocycles. The summed E-state index contributed by atoms with van der Waals surface area (Å²) in [6, 6.07) is 6.98. The van der Waals surface area contributed by atoms with Gasteiger partial charge >= 0.3 is 0 Å². The molecule has 0 aliphatic heterocycles. The summed E-state index contributed by atoms with van der Waals surface area (Å²) in [5, 5.41) is 0. The number of nitrogens with two attached hydrogens (primary N) is 1. The van der Waals surface area contributed by atoms with Crippen molar-refractivity contribution < 1.29 is 9.15 Å². The second-order valence-electron chi connectivity index (χ2n) is 3.09. The van der Waals surface area contributed by atoms with Crippen molar-refractivity contribution in [3.63, 3.8) is 0 Å². The van der Waals surface area contributed by atoms with E-state index in [0.29, 0.717) is 11.6 Å². The van der Waals surface area contributed by atoms with Gasteiger partial charge in [-0.05, 0) is 18.2 Å². The highest BCUT2D eigenvalue weighted by Gasteiger charge is 2.16. The Kier molecular flexibility index (Phi) is 2.69. The Balaban J connectivity index is 2.37.